The molecule has 82 valence electrons. The molecule has 0 amide bonds. The van der Waals surface area contributed by atoms with E-state index in [0.717, 1.165) is 12.0 Å². The van der Waals surface area contributed by atoms with Crippen LogP contribution in [0.5, 0.6) is 0 Å². The Morgan fingerprint density at radius 2 is 1.71 bits per heavy atom. The summed E-state index contributed by atoms with van der Waals surface area (Å²) in [6, 6.07) is 0.936. The Hall–Kier alpha value is -0.0800. The van der Waals surface area contributed by atoms with E-state index >= 15 is 0 Å². The number of rotatable bonds is 3. The standard InChI is InChI=1S/C12H24N2/c1-13-10-11-4-6-12(7-5-11)14-8-2-3-9-14/h11-13H,2-10H2,1H3. The van der Waals surface area contributed by atoms with Crippen LogP contribution in [0.25, 0.3) is 0 Å². The number of nitrogens with one attached hydrogen (secondary N) is 1. The van der Waals surface area contributed by atoms with Gasteiger partial charge in [0.2, 0.25) is 0 Å². The normalized spacial score (nSPS) is 34.9. The van der Waals surface area contributed by atoms with E-state index in [1.807, 2.05) is 0 Å². The Kier molecular flexibility index (Phi) is 3.82. The first kappa shape index (κ1) is 10.4. The van der Waals surface area contributed by atoms with Crippen LogP contribution in [-0.2, 0) is 0 Å². The van der Waals surface area contributed by atoms with Crippen molar-refractivity contribution in [2.24, 2.45) is 5.92 Å². The molecule has 2 aliphatic rings. The second-order valence-corrected chi connectivity index (χ2v) is 4.98. The SMILES string of the molecule is CNCC1CCC(N2CCCC2)CC1. The Morgan fingerprint density at radius 3 is 2.29 bits per heavy atom. The molecule has 14 heavy (non-hydrogen) atoms. The van der Waals surface area contributed by atoms with E-state index in [-0.39, 0.29) is 0 Å². The molecule has 2 rings (SSSR count). The van der Waals surface area contributed by atoms with Crippen LogP contribution >= 0.6 is 0 Å². The molecule has 2 nitrogen and oxygen atoms in total. The Balaban J connectivity index is 1.72. The summed E-state index contributed by atoms with van der Waals surface area (Å²) in [4.78, 5) is 2.73. The van der Waals surface area contributed by atoms with Crippen molar-refractivity contribution in [2.45, 2.75) is 44.6 Å². The van der Waals surface area contributed by atoms with E-state index in [9.17, 15) is 0 Å². The van der Waals surface area contributed by atoms with Crippen LogP contribution in [0.15, 0.2) is 0 Å². The summed E-state index contributed by atoms with van der Waals surface area (Å²) in [5.74, 6) is 0.957. The van der Waals surface area contributed by atoms with Gasteiger partial charge in [-0.3, -0.25) is 0 Å². The van der Waals surface area contributed by atoms with Gasteiger partial charge >= 0.3 is 0 Å². The van der Waals surface area contributed by atoms with Gasteiger partial charge in [0.05, 0.1) is 0 Å². The van der Waals surface area contributed by atoms with Crippen molar-refractivity contribution in [2.75, 3.05) is 26.7 Å². The minimum Gasteiger partial charge on any atom is -0.319 e. The van der Waals surface area contributed by atoms with Crippen LogP contribution in [-0.4, -0.2) is 37.6 Å². The number of hydrogen-bond acceptors (Lipinski definition) is 2. The quantitative estimate of drug-likeness (QED) is 0.741. The van der Waals surface area contributed by atoms with Gasteiger partial charge in [-0.25, -0.2) is 0 Å². The fraction of sp³-hybridized carbons (Fsp3) is 1.00. The van der Waals surface area contributed by atoms with Crippen molar-refractivity contribution in [1.82, 2.24) is 10.2 Å². The van der Waals surface area contributed by atoms with E-state index < -0.39 is 0 Å². The third kappa shape index (κ3) is 2.48. The average Bonchev–Trinajstić information content (AvgIpc) is 2.72. The Morgan fingerprint density at radius 1 is 1.07 bits per heavy atom. The molecule has 0 atom stereocenters. The zero-order valence-electron chi connectivity index (χ0n) is 9.47. The molecule has 0 aromatic rings. The second kappa shape index (κ2) is 5.13. The topological polar surface area (TPSA) is 15.3 Å². The van der Waals surface area contributed by atoms with Gasteiger partial charge in [-0.1, -0.05) is 0 Å². The van der Waals surface area contributed by atoms with E-state index in [1.54, 1.807) is 0 Å². The van der Waals surface area contributed by atoms with Crippen molar-refractivity contribution in [1.29, 1.82) is 0 Å². The molecule has 0 aromatic heterocycles. The van der Waals surface area contributed by atoms with Crippen LogP contribution < -0.4 is 5.32 Å². The first-order valence-corrected chi connectivity index (χ1v) is 6.29. The monoisotopic (exact) mass is 196 g/mol. The summed E-state index contributed by atoms with van der Waals surface area (Å²) in [5.41, 5.74) is 0. The number of likely N-dealkylation sites (tertiary alicyclic amines) is 1. The summed E-state index contributed by atoms with van der Waals surface area (Å²) in [6.45, 7) is 3.98. The maximum Gasteiger partial charge on any atom is 0.00954 e. The predicted molar refractivity (Wildman–Crippen MR) is 60.5 cm³/mol. The Labute approximate surface area is 88.1 Å². The molecule has 1 N–H and O–H groups in total. The molecular formula is C12H24N2. The molecule has 1 saturated carbocycles. The largest absolute Gasteiger partial charge is 0.319 e. The van der Waals surface area contributed by atoms with Crippen molar-refractivity contribution < 1.29 is 0 Å². The van der Waals surface area contributed by atoms with Gasteiger partial charge in [0.15, 0.2) is 0 Å². The third-order valence-corrected chi connectivity index (χ3v) is 3.97. The summed E-state index contributed by atoms with van der Waals surface area (Å²) >= 11 is 0. The molecule has 1 heterocycles. The molecule has 1 saturated heterocycles. The number of hydrogen-bond donors (Lipinski definition) is 1. The molecule has 2 fully saturated rings. The lowest BCUT2D eigenvalue weighted by Gasteiger charge is -2.34. The van der Waals surface area contributed by atoms with E-state index in [1.165, 1.54) is 58.2 Å². The molecule has 0 bridgehead atoms. The lowest BCUT2D eigenvalue weighted by molar-refractivity contribution is 0.164. The molecule has 1 aliphatic carbocycles. The highest BCUT2D eigenvalue weighted by Crippen LogP contribution is 2.28. The smallest absolute Gasteiger partial charge is 0.00954 e. The van der Waals surface area contributed by atoms with Crippen LogP contribution in [0.3, 0.4) is 0 Å². The van der Waals surface area contributed by atoms with Gasteiger partial charge in [0.1, 0.15) is 0 Å². The van der Waals surface area contributed by atoms with Gasteiger partial charge in [0.25, 0.3) is 0 Å². The summed E-state index contributed by atoms with van der Waals surface area (Å²) in [6.07, 6.45) is 8.68. The maximum atomic E-state index is 3.31. The van der Waals surface area contributed by atoms with Gasteiger partial charge < -0.3 is 10.2 Å². The highest BCUT2D eigenvalue weighted by molar-refractivity contribution is 4.82. The van der Waals surface area contributed by atoms with Crippen molar-refractivity contribution in [3.8, 4) is 0 Å². The van der Waals surface area contributed by atoms with Crippen molar-refractivity contribution >= 4 is 0 Å². The molecule has 0 unspecified atom stereocenters. The van der Waals surface area contributed by atoms with Crippen molar-refractivity contribution in [3.05, 3.63) is 0 Å². The average molecular weight is 196 g/mol. The molecule has 1 aliphatic heterocycles. The fourth-order valence-corrected chi connectivity index (χ4v) is 3.11. The van der Waals surface area contributed by atoms with E-state index in [4.69, 9.17) is 0 Å². The summed E-state index contributed by atoms with van der Waals surface area (Å²) in [7, 11) is 2.08. The molecule has 0 aromatic carbocycles. The molecular weight excluding hydrogens is 172 g/mol. The lowest BCUT2D eigenvalue weighted by atomic mass is 9.85. The molecule has 0 spiro atoms. The zero-order valence-corrected chi connectivity index (χ0v) is 9.47. The first-order valence-electron chi connectivity index (χ1n) is 6.29. The third-order valence-electron chi connectivity index (χ3n) is 3.97. The van der Waals surface area contributed by atoms with E-state index in [0.29, 0.717) is 0 Å². The minimum atomic E-state index is 0.936. The van der Waals surface area contributed by atoms with Crippen molar-refractivity contribution in [3.63, 3.8) is 0 Å². The van der Waals surface area contributed by atoms with Gasteiger partial charge in [-0.15, -0.1) is 0 Å². The predicted octanol–water partition coefficient (Wildman–Crippen LogP) is 1.86. The number of nitrogens with zero attached hydrogens (tertiary/aromatic N) is 1. The van der Waals surface area contributed by atoms with Crippen LogP contribution in [0.4, 0.5) is 0 Å². The highest BCUT2D eigenvalue weighted by Gasteiger charge is 2.26. The summed E-state index contributed by atoms with van der Waals surface area (Å²) < 4.78 is 0. The fourth-order valence-electron chi connectivity index (χ4n) is 3.11. The minimum absolute atomic E-state index is 0.936. The Bertz CT molecular complexity index is 156. The highest BCUT2D eigenvalue weighted by atomic mass is 15.2. The summed E-state index contributed by atoms with van der Waals surface area (Å²) in [5, 5.41) is 3.31. The van der Waals surface area contributed by atoms with Crippen LogP contribution in [0.2, 0.25) is 0 Å². The first-order chi connectivity index (χ1) is 6.90. The molecule has 2 heteroatoms. The molecule has 0 radical (unpaired) electrons. The zero-order chi connectivity index (χ0) is 9.80. The van der Waals surface area contributed by atoms with E-state index in [2.05, 4.69) is 17.3 Å². The van der Waals surface area contributed by atoms with Crippen LogP contribution in [0, 0.1) is 5.92 Å². The lowest BCUT2D eigenvalue weighted by Crippen LogP contribution is -2.37. The van der Waals surface area contributed by atoms with Gasteiger partial charge in [-0.2, -0.15) is 0 Å². The second-order valence-electron chi connectivity index (χ2n) is 4.98. The van der Waals surface area contributed by atoms with Gasteiger partial charge in [0, 0.05) is 6.04 Å². The maximum absolute atomic E-state index is 3.31. The van der Waals surface area contributed by atoms with Crippen LogP contribution in [0.1, 0.15) is 38.5 Å². The van der Waals surface area contributed by atoms with Gasteiger partial charge in [-0.05, 0) is 71.1 Å².